The Labute approximate surface area is 110 Å². The highest BCUT2D eigenvalue weighted by Crippen LogP contribution is 2.45. The van der Waals surface area contributed by atoms with Crippen molar-refractivity contribution in [1.29, 1.82) is 0 Å². The van der Waals surface area contributed by atoms with E-state index in [2.05, 4.69) is 4.74 Å². The first-order chi connectivity index (χ1) is 8.83. The van der Waals surface area contributed by atoms with Crippen LogP contribution in [0.2, 0.25) is 0 Å². The van der Waals surface area contributed by atoms with Crippen molar-refractivity contribution in [1.82, 2.24) is 0 Å². The maximum atomic E-state index is 12.5. The normalized spacial score (nSPS) is 20.6. The van der Waals surface area contributed by atoms with Crippen molar-refractivity contribution < 1.29 is 41.0 Å². The minimum atomic E-state index is -6.20. The van der Waals surface area contributed by atoms with Gasteiger partial charge in [0.25, 0.3) is 0 Å². The molecule has 0 saturated heterocycles. The van der Waals surface area contributed by atoms with Crippen molar-refractivity contribution in [3.05, 3.63) is 0 Å². The predicted molar refractivity (Wildman–Crippen MR) is 54.6 cm³/mol. The van der Waals surface area contributed by atoms with Crippen LogP contribution in [0.5, 0.6) is 0 Å². The summed E-state index contributed by atoms with van der Waals surface area (Å²) in [5.74, 6) is -2.72. The van der Waals surface area contributed by atoms with E-state index >= 15 is 0 Å². The van der Waals surface area contributed by atoms with Crippen molar-refractivity contribution in [2.45, 2.75) is 62.6 Å². The second-order valence-electron chi connectivity index (χ2n) is 5.11. The Morgan fingerprint density at radius 1 is 1.00 bits per heavy atom. The number of hydrogen-bond donors (Lipinski definition) is 1. The van der Waals surface area contributed by atoms with E-state index in [4.69, 9.17) is 5.11 Å². The van der Waals surface area contributed by atoms with Crippen molar-refractivity contribution >= 4 is 5.97 Å². The summed E-state index contributed by atoms with van der Waals surface area (Å²) >= 11 is 0. The molecule has 9 heteroatoms. The highest BCUT2D eigenvalue weighted by molar-refractivity contribution is 5.82. The van der Waals surface area contributed by atoms with Crippen LogP contribution in [0, 0.1) is 0 Å². The van der Waals surface area contributed by atoms with Gasteiger partial charge < -0.3 is 9.84 Å². The highest BCUT2D eigenvalue weighted by atomic mass is 19.4. The van der Waals surface area contributed by atoms with Gasteiger partial charge in [0.2, 0.25) is 0 Å². The fourth-order valence-electron chi connectivity index (χ4n) is 2.09. The summed E-state index contributed by atoms with van der Waals surface area (Å²) in [5, 5.41) is 8.87. The molecule has 0 amide bonds. The van der Waals surface area contributed by atoms with E-state index < -0.39 is 29.5 Å². The molecule has 0 spiro atoms. The standard InChI is InChI=1S/C11H14F6O3/c1-8(5-3-2-4-6-8)20-7(18)9(19,10(12,13)14)11(15,16)17/h19H,2-6H2,1H3. The SMILES string of the molecule is CC1(OC(=O)C(O)(C(F)(F)F)C(F)(F)F)CCCCC1. The molecule has 0 bridgehead atoms. The van der Waals surface area contributed by atoms with Gasteiger partial charge in [0.1, 0.15) is 5.60 Å². The lowest BCUT2D eigenvalue weighted by Crippen LogP contribution is -2.64. The van der Waals surface area contributed by atoms with Crippen molar-refractivity contribution in [2.24, 2.45) is 0 Å². The fraction of sp³-hybridized carbons (Fsp3) is 0.909. The smallest absolute Gasteiger partial charge is 0.437 e. The van der Waals surface area contributed by atoms with Gasteiger partial charge in [-0.2, -0.15) is 26.3 Å². The average molecular weight is 308 g/mol. The monoisotopic (exact) mass is 308 g/mol. The molecule has 0 aromatic heterocycles. The highest BCUT2D eigenvalue weighted by Gasteiger charge is 2.77. The largest absolute Gasteiger partial charge is 0.457 e. The van der Waals surface area contributed by atoms with Crippen molar-refractivity contribution in [3.63, 3.8) is 0 Å². The van der Waals surface area contributed by atoms with Gasteiger partial charge in [-0.25, -0.2) is 4.79 Å². The topological polar surface area (TPSA) is 46.5 Å². The third kappa shape index (κ3) is 3.02. The lowest BCUT2D eigenvalue weighted by molar-refractivity contribution is -0.359. The Morgan fingerprint density at radius 3 is 1.75 bits per heavy atom. The Hall–Kier alpha value is -0.990. The Morgan fingerprint density at radius 2 is 1.40 bits per heavy atom. The van der Waals surface area contributed by atoms with E-state index in [1.807, 2.05) is 0 Å². The predicted octanol–water partition coefficient (Wildman–Crippen LogP) is 3.11. The molecule has 1 rings (SSSR count). The molecule has 0 unspecified atom stereocenters. The Balaban J connectivity index is 3.02. The second kappa shape index (κ2) is 5.09. The zero-order valence-electron chi connectivity index (χ0n) is 10.6. The Kier molecular flexibility index (Phi) is 4.34. The molecule has 3 nitrogen and oxygen atoms in total. The zero-order chi connectivity index (χ0) is 15.8. The number of carbonyl (C=O) groups is 1. The molecule has 1 fully saturated rings. The van der Waals surface area contributed by atoms with Crippen molar-refractivity contribution in [3.8, 4) is 0 Å². The number of aliphatic hydroxyl groups is 1. The van der Waals surface area contributed by atoms with Gasteiger partial charge in [-0.3, -0.25) is 0 Å². The summed E-state index contributed by atoms with van der Waals surface area (Å²) in [5.41, 5.74) is -6.92. The van der Waals surface area contributed by atoms with E-state index in [0.717, 1.165) is 6.42 Å². The average Bonchev–Trinajstić information content (AvgIpc) is 2.25. The van der Waals surface area contributed by atoms with Gasteiger partial charge in [0.15, 0.2) is 0 Å². The van der Waals surface area contributed by atoms with Gasteiger partial charge in [0.05, 0.1) is 0 Å². The maximum Gasteiger partial charge on any atom is 0.437 e. The minimum absolute atomic E-state index is 0.157. The molecule has 20 heavy (non-hydrogen) atoms. The number of carbonyl (C=O) groups excluding carboxylic acids is 1. The maximum absolute atomic E-state index is 12.5. The van der Waals surface area contributed by atoms with Crippen molar-refractivity contribution in [2.75, 3.05) is 0 Å². The quantitative estimate of drug-likeness (QED) is 0.630. The molecule has 1 aliphatic carbocycles. The first-order valence-corrected chi connectivity index (χ1v) is 5.93. The molecule has 1 aliphatic rings. The molecule has 0 aliphatic heterocycles. The number of rotatable bonds is 2. The molecule has 1 N–H and O–H groups in total. The van der Waals surface area contributed by atoms with Crippen LogP contribution in [0.15, 0.2) is 0 Å². The third-order valence-corrected chi connectivity index (χ3v) is 3.37. The summed E-state index contributed by atoms with van der Waals surface area (Å²) < 4.78 is 79.1. The van der Waals surface area contributed by atoms with E-state index in [-0.39, 0.29) is 12.8 Å². The molecular formula is C11H14F6O3. The number of esters is 1. The molecule has 0 radical (unpaired) electrons. The van der Waals surface area contributed by atoms with Gasteiger partial charge in [0, 0.05) is 0 Å². The van der Waals surface area contributed by atoms with Gasteiger partial charge >= 0.3 is 23.9 Å². The summed E-state index contributed by atoms with van der Waals surface area (Å²) in [6.45, 7) is 1.26. The molecule has 0 aromatic rings. The summed E-state index contributed by atoms with van der Waals surface area (Å²) in [6.07, 6.45) is -10.3. The molecule has 0 heterocycles. The van der Waals surface area contributed by atoms with Crippen LogP contribution >= 0.6 is 0 Å². The van der Waals surface area contributed by atoms with Crippen LogP contribution in [0.4, 0.5) is 26.3 Å². The third-order valence-electron chi connectivity index (χ3n) is 3.37. The molecular weight excluding hydrogens is 294 g/mol. The van der Waals surface area contributed by atoms with E-state index in [1.54, 1.807) is 0 Å². The number of alkyl halides is 6. The lowest BCUT2D eigenvalue weighted by Gasteiger charge is -2.37. The number of ether oxygens (including phenoxy) is 1. The number of halogens is 6. The lowest BCUT2D eigenvalue weighted by atomic mass is 9.86. The van der Waals surface area contributed by atoms with Gasteiger partial charge in [-0.15, -0.1) is 0 Å². The summed E-state index contributed by atoms with van der Waals surface area (Å²) in [4.78, 5) is 11.3. The zero-order valence-corrected chi connectivity index (χ0v) is 10.6. The van der Waals surface area contributed by atoms with Crippen LogP contribution in [0.3, 0.4) is 0 Å². The van der Waals surface area contributed by atoms with E-state index in [0.29, 0.717) is 12.8 Å². The first kappa shape index (κ1) is 17.1. The van der Waals surface area contributed by atoms with Crippen LogP contribution in [0.1, 0.15) is 39.0 Å². The van der Waals surface area contributed by atoms with Crippen LogP contribution in [-0.4, -0.2) is 34.6 Å². The first-order valence-electron chi connectivity index (χ1n) is 5.93. The summed E-state index contributed by atoms with van der Waals surface area (Å²) in [7, 11) is 0. The summed E-state index contributed by atoms with van der Waals surface area (Å²) in [6, 6.07) is 0. The minimum Gasteiger partial charge on any atom is -0.457 e. The van der Waals surface area contributed by atoms with Crippen LogP contribution < -0.4 is 0 Å². The van der Waals surface area contributed by atoms with E-state index in [9.17, 15) is 31.1 Å². The van der Waals surface area contributed by atoms with Crippen LogP contribution in [-0.2, 0) is 9.53 Å². The molecule has 1 saturated carbocycles. The second-order valence-corrected chi connectivity index (χ2v) is 5.11. The molecule has 0 aromatic carbocycles. The number of hydrogen-bond acceptors (Lipinski definition) is 3. The molecule has 118 valence electrons. The Bertz CT molecular complexity index is 353. The van der Waals surface area contributed by atoms with Crippen LogP contribution in [0.25, 0.3) is 0 Å². The fourth-order valence-corrected chi connectivity index (χ4v) is 2.09. The van der Waals surface area contributed by atoms with Gasteiger partial charge in [-0.05, 0) is 32.6 Å². The van der Waals surface area contributed by atoms with Gasteiger partial charge in [-0.1, -0.05) is 6.42 Å². The molecule has 0 atom stereocenters. The van der Waals surface area contributed by atoms with E-state index in [1.165, 1.54) is 6.92 Å².